The average molecular weight is 222 g/mol. The molecular formula is C12H18N2O2. The quantitative estimate of drug-likeness (QED) is 0.669. The van der Waals surface area contributed by atoms with Gasteiger partial charge in [0, 0.05) is 24.9 Å². The lowest BCUT2D eigenvalue weighted by Gasteiger charge is -2.32. The molecule has 1 aliphatic heterocycles. The topological polar surface area (TPSA) is 53.3 Å². The molecule has 0 radical (unpaired) electrons. The van der Waals surface area contributed by atoms with E-state index >= 15 is 0 Å². The Bertz CT molecular complexity index is 284. The molecule has 0 aromatic carbocycles. The molecule has 1 saturated heterocycles. The minimum absolute atomic E-state index is 0.155. The van der Waals surface area contributed by atoms with Crippen molar-refractivity contribution in [3.63, 3.8) is 0 Å². The number of amides is 1. The van der Waals surface area contributed by atoms with Gasteiger partial charge in [0.1, 0.15) is 0 Å². The lowest BCUT2D eigenvalue weighted by Crippen LogP contribution is -2.44. The Kier molecular flexibility index (Phi) is 3.79. The first-order chi connectivity index (χ1) is 7.81. The van der Waals surface area contributed by atoms with Crippen LogP contribution >= 0.6 is 0 Å². The standard InChI is InChI=1S/C12H18N2O2/c13-9-10-1-3-11(4-2-10)12(15)14-5-7-16-8-6-14/h10-11H,1-8H2. The maximum absolute atomic E-state index is 12.1. The zero-order chi connectivity index (χ0) is 11.4. The monoisotopic (exact) mass is 222 g/mol. The third-order valence-corrected chi connectivity index (χ3v) is 3.58. The zero-order valence-electron chi connectivity index (χ0n) is 9.52. The summed E-state index contributed by atoms with van der Waals surface area (Å²) in [6.07, 6.45) is 3.54. The van der Waals surface area contributed by atoms with Gasteiger partial charge in [-0.1, -0.05) is 0 Å². The molecule has 2 fully saturated rings. The molecule has 16 heavy (non-hydrogen) atoms. The molecule has 0 N–H and O–H groups in total. The Morgan fingerprint density at radius 3 is 2.38 bits per heavy atom. The van der Waals surface area contributed by atoms with Gasteiger partial charge in [-0.15, -0.1) is 0 Å². The summed E-state index contributed by atoms with van der Waals surface area (Å²) in [6, 6.07) is 2.30. The highest BCUT2D eigenvalue weighted by atomic mass is 16.5. The molecule has 1 aliphatic carbocycles. The largest absolute Gasteiger partial charge is 0.378 e. The number of nitriles is 1. The van der Waals surface area contributed by atoms with Gasteiger partial charge in [-0.2, -0.15) is 5.26 Å². The fourth-order valence-corrected chi connectivity index (χ4v) is 2.51. The molecule has 0 aromatic heterocycles. The number of hydrogen-bond donors (Lipinski definition) is 0. The van der Waals surface area contributed by atoms with Crippen molar-refractivity contribution in [2.75, 3.05) is 26.3 Å². The van der Waals surface area contributed by atoms with E-state index in [2.05, 4.69) is 6.07 Å². The minimum Gasteiger partial charge on any atom is -0.378 e. The van der Waals surface area contributed by atoms with E-state index in [1.807, 2.05) is 4.90 Å². The number of hydrogen-bond acceptors (Lipinski definition) is 3. The van der Waals surface area contributed by atoms with Crippen molar-refractivity contribution < 1.29 is 9.53 Å². The van der Waals surface area contributed by atoms with Gasteiger partial charge in [0.05, 0.1) is 19.3 Å². The van der Waals surface area contributed by atoms with Gasteiger partial charge in [-0.3, -0.25) is 4.79 Å². The van der Waals surface area contributed by atoms with Crippen LogP contribution in [0.3, 0.4) is 0 Å². The minimum atomic E-state index is 0.155. The van der Waals surface area contributed by atoms with Gasteiger partial charge in [0.15, 0.2) is 0 Å². The first kappa shape index (κ1) is 11.4. The molecule has 0 atom stereocenters. The second kappa shape index (κ2) is 5.31. The molecule has 1 saturated carbocycles. The molecule has 0 unspecified atom stereocenters. The van der Waals surface area contributed by atoms with Crippen molar-refractivity contribution in [1.29, 1.82) is 5.26 Å². The summed E-state index contributed by atoms with van der Waals surface area (Å²) in [5.41, 5.74) is 0. The van der Waals surface area contributed by atoms with E-state index in [0.717, 1.165) is 38.8 Å². The smallest absolute Gasteiger partial charge is 0.225 e. The summed E-state index contributed by atoms with van der Waals surface area (Å²) in [5, 5.41) is 8.80. The van der Waals surface area contributed by atoms with Crippen LogP contribution in [-0.2, 0) is 9.53 Å². The molecule has 0 bridgehead atoms. The van der Waals surface area contributed by atoms with Crippen LogP contribution in [0.15, 0.2) is 0 Å². The summed E-state index contributed by atoms with van der Waals surface area (Å²) in [7, 11) is 0. The van der Waals surface area contributed by atoms with Gasteiger partial charge in [-0.05, 0) is 25.7 Å². The van der Waals surface area contributed by atoms with E-state index in [4.69, 9.17) is 10.00 Å². The Morgan fingerprint density at radius 2 is 1.81 bits per heavy atom. The Hall–Kier alpha value is -1.08. The normalized spacial score (nSPS) is 30.8. The van der Waals surface area contributed by atoms with E-state index < -0.39 is 0 Å². The van der Waals surface area contributed by atoms with Gasteiger partial charge < -0.3 is 9.64 Å². The lowest BCUT2D eigenvalue weighted by molar-refractivity contribution is -0.140. The number of nitrogens with zero attached hydrogens (tertiary/aromatic N) is 2. The van der Waals surface area contributed by atoms with Crippen molar-refractivity contribution in [2.24, 2.45) is 11.8 Å². The molecule has 0 spiro atoms. The van der Waals surface area contributed by atoms with Crippen LogP contribution in [0.2, 0.25) is 0 Å². The highest BCUT2D eigenvalue weighted by Crippen LogP contribution is 2.29. The van der Waals surface area contributed by atoms with Crippen LogP contribution < -0.4 is 0 Å². The number of morpholine rings is 1. The van der Waals surface area contributed by atoms with Crippen LogP contribution in [-0.4, -0.2) is 37.1 Å². The van der Waals surface area contributed by atoms with Crippen LogP contribution in [0.25, 0.3) is 0 Å². The van der Waals surface area contributed by atoms with Crippen molar-refractivity contribution >= 4 is 5.91 Å². The summed E-state index contributed by atoms with van der Waals surface area (Å²) < 4.78 is 5.23. The van der Waals surface area contributed by atoms with Gasteiger partial charge in [-0.25, -0.2) is 0 Å². The average Bonchev–Trinajstić information content (AvgIpc) is 2.39. The van der Waals surface area contributed by atoms with Crippen molar-refractivity contribution in [3.8, 4) is 6.07 Å². The molecule has 0 aromatic rings. The van der Waals surface area contributed by atoms with Gasteiger partial charge in [0.2, 0.25) is 5.91 Å². The van der Waals surface area contributed by atoms with E-state index in [1.54, 1.807) is 0 Å². The molecule has 4 nitrogen and oxygen atoms in total. The van der Waals surface area contributed by atoms with Crippen LogP contribution in [0.1, 0.15) is 25.7 Å². The van der Waals surface area contributed by atoms with Crippen LogP contribution in [0.4, 0.5) is 0 Å². The van der Waals surface area contributed by atoms with E-state index in [-0.39, 0.29) is 17.7 Å². The van der Waals surface area contributed by atoms with Crippen molar-refractivity contribution in [3.05, 3.63) is 0 Å². The Morgan fingerprint density at radius 1 is 1.19 bits per heavy atom. The van der Waals surface area contributed by atoms with E-state index in [0.29, 0.717) is 13.2 Å². The van der Waals surface area contributed by atoms with Crippen molar-refractivity contribution in [2.45, 2.75) is 25.7 Å². The second-order valence-electron chi connectivity index (χ2n) is 4.62. The summed E-state index contributed by atoms with van der Waals surface area (Å²) in [4.78, 5) is 14.1. The maximum Gasteiger partial charge on any atom is 0.225 e. The molecule has 1 amide bonds. The second-order valence-corrected chi connectivity index (χ2v) is 4.62. The molecule has 88 valence electrons. The SMILES string of the molecule is N#CC1CCC(C(=O)N2CCOCC2)CC1. The van der Waals surface area contributed by atoms with Crippen LogP contribution in [0.5, 0.6) is 0 Å². The van der Waals surface area contributed by atoms with Gasteiger partial charge >= 0.3 is 0 Å². The molecule has 2 aliphatic rings. The predicted molar refractivity (Wildman–Crippen MR) is 58.5 cm³/mol. The first-order valence-corrected chi connectivity index (χ1v) is 6.07. The number of carbonyl (C=O) groups is 1. The predicted octanol–water partition coefficient (Wildman–Crippen LogP) is 1.18. The fraction of sp³-hybridized carbons (Fsp3) is 0.833. The van der Waals surface area contributed by atoms with E-state index in [1.165, 1.54) is 0 Å². The van der Waals surface area contributed by atoms with Gasteiger partial charge in [0.25, 0.3) is 0 Å². The van der Waals surface area contributed by atoms with Crippen LogP contribution in [0, 0.1) is 23.2 Å². The summed E-state index contributed by atoms with van der Waals surface area (Å²) in [6.45, 7) is 2.80. The number of ether oxygens (including phenoxy) is 1. The molecular weight excluding hydrogens is 204 g/mol. The lowest BCUT2D eigenvalue weighted by atomic mass is 9.82. The summed E-state index contributed by atoms with van der Waals surface area (Å²) in [5.74, 6) is 0.608. The number of rotatable bonds is 1. The Balaban J connectivity index is 1.84. The number of carbonyl (C=O) groups excluding carboxylic acids is 1. The maximum atomic E-state index is 12.1. The first-order valence-electron chi connectivity index (χ1n) is 6.07. The van der Waals surface area contributed by atoms with Crippen molar-refractivity contribution in [1.82, 2.24) is 4.90 Å². The van der Waals surface area contributed by atoms with E-state index in [9.17, 15) is 4.79 Å². The third-order valence-electron chi connectivity index (χ3n) is 3.58. The molecule has 2 rings (SSSR count). The fourth-order valence-electron chi connectivity index (χ4n) is 2.51. The zero-order valence-corrected chi connectivity index (χ0v) is 9.52. The Labute approximate surface area is 96.2 Å². The highest BCUT2D eigenvalue weighted by molar-refractivity contribution is 5.79. The summed E-state index contributed by atoms with van der Waals surface area (Å²) >= 11 is 0. The highest BCUT2D eigenvalue weighted by Gasteiger charge is 2.29. The molecule has 4 heteroatoms. The molecule has 1 heterocycles. The third kappa shape index (κ3) is 2.53.